The van der Waals surface area contributed by atoms with Crippen molar-refractivity contribution in [2.75, 3.05) is 37.8 Å². The van der Waals surface area contributed by atoms with Crippen LogP contribution < -0.4 is 4.90 Å². The summed E-state index contributed by atoms with van der Waals surface area (Å²) in [4.78, 5) is 23.5. The number of fused-ring (bicyclic) bond motifs is 1. The van der Waals surface area contributed by atoms with Crippen molar-refractivity contribution in [3.63, 3.8) is 0 Å². The van der Waals surface area contributed by atoms with Crippen molar-refractivity contribution in [3.05, 3.63) is 53.1 Å². The van der Waals surface area contributed by atoms with Crippen molar-refractivity contribution in [1.82, 2.24) is 9.88 Å². The van der Waals surface area contributed by atoms with Gasteiger partial charge in [-0.05, 0) is 82.1 Å². The molecule has 0 unspecified atom stereocenters. The molecular formula is C23H29N3OS2. The van der Waals surface area contributed by atoms with Crippen molar-refractivity contribution in [3.8, 4) is 0 Å². The minimum absolute atomic E-state index is 0.0238. The molecule has 0 aliphatic carbocycles. The maximum atomic E-state index is 13.5. The van der Waals surface area contributed by atoms with E-state index in [1.54, 1.807) is 23.1 Å². The number of thioether (sulfide) groups is 1. The Labute approximate surface area is 181 Å². The fraction of sp³-hybridized carbons (Fsp3) is 0.391. The van der Waals surface area contributed by atoms with Crippen LogP contribution in [0.5, 0.6) is 0 Å². The third-order valence-corrected chi connectivity index (χ3v) is 6.57. The molecule has 0 radical (unpaired) electrons. The van der Waals surface area contributed by atoms with Crippen molar-refractivity contribution in [2.24, 2.45) is 0 Å². The van der Waals surface area contributed by atoms with Gasteiger partial charge in [0, 0.05) is 17.0 Å². The van der Waals surface area contributed by atoms with Crippen molar-refractivity contribution in [1.29, 1.82) is 0 Å². The maximum absolute atomic E-state index is 13.5. The van der Waals surface area contributed by atoms with Gasteiger partial charge in [0.25, 0.3) is 5.91 Å². The van der Waals surface area contributed by atoms with Crippen LogP contribution >= 0.6 is 23.1 Å². The van der Waals surface area contributed by atoms with E-state index in [2.05, 4.69) is 58.0 Å². The normalized spacial score (nSPS) is 11.4. The van der Waals surface area contributed by atoms with Gasteiger partial charge in [0.1, 0.15) is 0 Å². The monoisotopic (exact) mass is 427 g/mol. The molecule has 0 saturated carbocycles. The van der Waals surface area contributed by atoms with Crippen molar-refractivity contribution in [2.45, 2.75) is 32.1 Å². The summed E-state index contributed by atoms with van der Waals surface area (Å²) in [5.74, 6) is 1.01. The number of benzene rings is 2. The molecule has 0 fully saturated rings. The molecule has 1 aromatic heterocycles. The average molecular weight is 428 g/mol. The van der Waals surface area contributed by atoms with E-state index >= 15 is 0 Å². The maximum Gasteiger partial charge on any atom is 0.260 e. The Morgan fingerprint density at radius 3 is 2.66 bits per heavy atom. The predicted molar refractivity (Wildman–Crippen MR) is 127 cm³/mol. The van der Waals surface area contributed by atoms with Gasteiger partial charge in [-0.3, -0.25) is 9.69 Å². The van der Waals surface area contributed by atoms with Gasteiger partial charge in [0.05, 0.1) is 10.2 Å². The van der Waals surface area contributed by atoms with Gasteiger partial charge in [-0.1, -0.05) is 30.4 Å². The summed E-state index contributed by atoms with van der Waals surface area (Å²) in [6.45, 7) is 7.89. The van der Waals surface area contributed by atoms with E-state index in [1.165, 1.54) is 5.56 Å². The molecule has 0 aliphatic heterocycles. The van der Waals surface area contributed by atoms with Gasteiger partial charge in [0.15, 0.2) is 5.13 Å². The van der Waals surface area contributed by atoms with Gasteiger partial charge in [-0.2, -0.15) is 0 Å². The highest BCUT2D eigenvalue weighted by molar-refractivity contribution is 7.99. The van der Waals surface area contributed by atoms with E-state index in [9.17, 15) is 4.79 Å². The summed E-state index contributed by atoms with van der Waals surface area (Å²) in [6, 6.07) is 12.2. The van der Waals surface area contributed by atoms with Crippen molar-refractivity contribution < 1.29 is 4.79 Å². The van der Waals surface area contributed by atoms with Crippen LogP contribution in [0.25, 0.3) is 10.2 Å². The molecular weight excluding hydrogens is 398 g/mol. The number of carbonyl (C=O) groups excluding carboxylic acids is 1. The summed E-state index contributed by atoms with van der Waals surface area (Å²) < 4.78 is 1.14. The summed E-state index contributed by atoms with van der Waals surface area (Å²) >= 11 is 3.36. The zero-order valence-electron chi connectivity index (χ0n) is 17.9. The first-order valence-corrected chi connectivity index (χ1v) is 11.8. The number of amides is 1. The van der Waals surface area contributed by atoms with Crippen LogP contribution in [0.3, 0.4) is 0 Å². The summed E-state index contributed by atoms with van der Waals surface area (Å²) in [5.41, 5.74) is 4.10. The highest BCUT2D eigenvalue weighted by Gasteiger charge is 2.22. The van der Waals surface area contributed by atoms with Gasteiger partial charge in [0.2, 0.25) is 0 Å². The molecule has 154 valence electrons. The van der Waals surface area contributed by atoms with E-state index in [0.29, 0.717) is 6.54 Å². The minimum Gasteiger partial charge on any atom is -0.309 e. The second kappa shape index (κ2) is 9.74. The summed E-state index contributed by atoms with van der Waals surface area (Å²) in [6.07, 6.45) is 0.899. The standard InChI is InChI=1S/C23H29N3OS2/c1-6-28-19-10-7-9-18(15-19)22(27)26(12-8-11-25(4)5)23-24-21-17(3)13-16(2)14-20(21)29-23/h7,9-10,13-15H,6,8,11-12H2,1-5H3. The topological polar surface area (TPSA) is 36.4 Å². The Hall–Kier alpha value is -1.89. The highest BCUT2D eigenvalue weighted by atomic mass is 32.2. The number of carbonyl (C=O) groups is 1. The first-order chi connectivity index (χ1) is 13.9. The number of aromatic nitrogens is 1. The number of aryl methyl sites for hydroxylation is 2. The Morgan fingerprint density at radius 2 is 1.93 bits per heavy atom. The highest BCUT2D eigenvalue weighted by Crippen LogP contribution is 2.33. The molecule has 0 spiro atoms. The van der Waals surface area contributed by atoms with Crippen LogP contribution in [-0.4, -0.2) is 48.7 Å². The molecule has 0 aliphatic rings. The molecule has 1 amide bonds. The number of thiazole rings is 1. The predicted octanol–water partition coefficient (Wildman–Crippen LogP) is 5.62. The molecule has 0 N–H and O–H groups in total. The zero-order valence-corrected chi connectivity index (χ0v) is 19.5. The second-order valence-electron chi connectivity index (χ2n) is 7.50. The molecule has 3 aromatic rings. The smallest absolute Gasteiger partial charge is 0.260 e. The van der Waals surface area contributed by atoms with E-state index in [0.717, 1.165) is 50.1 Å². The molecule has 29 heavy (non-hydrogen) atoms. The molecule has 0 saturated heterocycles. The quantitative estimate of drug-likeness (QED) is 0.437. The molecule has 1 heterocycles. The zero-order chi connectivity index (χ0) is 21.0. The first-order valence-electron chi connectivity index (χ1n) is 9.96. The van der Waals surface area contributed by atoms with Crippen LogP contribution in [0.2, 0.25) is 0 Å². The summed E-state index contributed by atoms with van der Waals surface area (Å²) in [7, 11) is 4.11. The number of hydrogen-bond donors (Lipinski definition) is 0. The van der Waals surface area contributed by atoms with Crippen LogP contribution in [0, 0.1) is 13.8 Å². The first kappa shape index (κ1) is 21.8. The largest absolute Gasteiger partial charge is 0.309 e. The lowest BCUT2D eigenvalue weighted by Gasteiger charge is -2.21. The van der Waals surface area contributed by atoms with Gasteiger partial charge in [-0.25, -0.2) is 4.98 Å². The van der Waals surface area contributed by atoms with E-state index in [4.69, 9.17) is 4.98 Å². The number of hydrogen-bond acceptors (Lipinski definition) is 5. The molecule has 0 bridgehead atoms. The fourth-order valence-electron chi connectivity index (χ4n) is 3.34. The molecule has 2 aromatic carbocycles. The summed E-state index contributed by atoms with van der Waals surface area (Å²) in [5, 5.41) is 0.783. The van der Waals surface area contributed by atoms with Gasteiger partial charge in [-0.15, -0.1) is 11.8 Å². The molecule has 3 rings (SSSR count). The Balaban J connectivity index is 1.97. The Bertz CT molecular complexity index is 997. The van der Waals surface area contributed by atoms with Crippen LogP contribution in [-0.2, 0) is 0 Å². The van der Waals surface area contributed by atoms with Crippen molar-refractivity contribution >= 4 is 44.4 Å². The average Bonchev–Trinajstić information content (AvgIpc) is 3.09. The van der Waals surface area contributed by atoms with Gasteiger partial charge < -0.3 is 4.90 Å². The third kappa shape index (κ3) is 5.38. The lowest BCUT2D eigenvalue weighted by atomic mass is 10.1. The van der Waals surface area contributed by atoms with E-state index in [-0.39, 0.29) is 5.91 Å². The lowest BCUT2D eigenvalue weighted by Crippen LogP contribution is -2.33. The fourth-order valence-corrected chi connectivity index (χ4v) is 5.23. The Morgan fingerprint density at radius 1 is 1.14 bits per heavy atom. The van der Waals surface area contributed by atoms with E-state index in [1.807, 2.05) is 23.1 Å². The molecule has 6 heteroatoms. The Kier molecular flexibility index (Phi) is 7.33. The number of nitrogens with zero attached hydrogens (tertiary/aromatic N) is 3. The molecule has 4 nitrogen and oxygen atoms in total. The minimum atomic E-state index is 0.0238. The third-order valence-electron chi connectivity index (χ3n) is 4.67. The van der Waals surface area contributed by atoms with Crippen LogP contribution in [0.15, 0.2) is 41.3 Å². The number of rotatable bonds is 8. The van der Waals surface area contributed by atoms with Crippen LogP contribution in [0.4, 0.5) is 5.13 Å². The second-order valence-corrected chi connectivity index (χ2v) is 9.85. The SMILES string of the molecule is CCSc1cccc(C(=O)N(CCCN(C)C)c2nc3c(C)cc(C)cc3s2)c1. The number of anilines is 1. The molecule has 0 atom stereocenters. The van der Waals surface area contributed by atoms with Crippen LogP contribution in [0.1, 0.15) is 34.8 Å². The lowest BCUT2D eigenvalue weighted by molar-refractivity contribution is 0.0986. The van der Waals surface area contributed by atoms with Gasteiger partial charge >= 0.3 is 0 Å². The van der Waals surface area contributed by atoms with E-state index < -0.39 is 0 Å².